The molecule has 0 unspecified atom stereocenters. The second-order valence-electron chi connectivity index (χ2n) is 0. The second kappa shape index (κ2) is 24.8. The summed E-state index contributed by atoms with van der Waals surface area (Å²) in [7, 11) is 0. The Morgan fingerprint density at radius 1 is 1.00 bits per heavy atom. The molecule has 0 aromatic heterocycles. The Balaban J connectivity index is -0.00000000500. The molecule has 0 spiro atoms. The molecule has 0 aliphatic heterocycles. The van der Waals surface area contributed by atoms with Gasteiger partial charge >= 0.3 is 21.8 Å². The molecular weight excluding hydrogens is 227 g/mol. The molecule has 0 saturated carbocycles. The molecular formula is CH5Br2Mn. The molecule has 0 rings (SSSR count). The maximum absolute atomic E-state index is 2.94. The van der Waals surface area contributed by atoms with Crippen molar-refractivity contribution in [1.82, 2.24) is 0 Å². The molecule has 0 saturated heterocycles. The van der Waals surface area contributed by atoms with Crippen molar-refractivity contribution in [1.29, 1.82) is 0 Å². The van der Waals surface area contributed by atoms with Crippen LogP contribution in [0.3, 0.4) is 0 Å². The summed E-state index contributed by atoms with van der Waals surface area (Å²) in [6, 6.07) is 0. The van der Waals surface area contributed by atoms with Crippen LogP contribution < -0.4 is 0 Å². The summed E-state index contributed by atoms with van der Waals surface area (Å²) < 4.78 is 0. The van der Waals surface area contributed by atoms with Crippen molar-refractivity contribution in [2.45, 2.75) is 5.82 Å². The molecule has 0 aliphatic carbocycles. The van der Waals surface area contributed by atoms with E-state index in [0.29, 0.717) is 0 Å². The van der Waals surface area contributed by atoms with Crippen LogP contribution >= 0.6 is 34.0 Å². The van der Waals surface area contributed by atoms with Gasteiger partial charge in [0.15, 0.2) is 0 Å². The van der Waals surface area contributed by atoms with Gasteiger partial charge in [-0.05, 0) is 0 Å². The van der Waals surface area contributed by atoms with Gasteiger partial charge in [0.1, 0.15) is 0 Å². The van der Waals surface area contributed by atoms with Crippen LogP contribution in [-0.4, -0.2) is 0 Å². The van der Waals surface area contributed by atoms with Crippen molar-refractivity contribution >= 4 is 34.0 Å². The molecule has 0 bridgehead atoms. The van der Waals surface area contributed by atoms with Gasteiger partial charge in [0.25, 0.3) is 0 Å². The van der Waals surface area contributed by atoms with Gasteiger partial charge in [-0.1, -0.05) is 0 Å². The molecule has 0 aliphatic rings. The third-order valence-corrected chi connectivity index (χ3v) is 0. The summed E-state index contributed by atoms with van der Waals surface area (Å²) in [5, 5.41) is 0. The van der Waals surface area contributed by atoms with E-state index in [1.54, 1.807) is 0 Å². The zero-order valence-electron chi connectivity index (χ0n) is 2.19. The van der Waals surface area contributed by atoms with Crippen LogP contribution in [0.5, 0.6) is 0 Å². The molecule has 0 atom stereocenters. The Kier molecular flexibility index (Phi) is 111. The first-order valence-corrected chi connectivity index (χ1v) is 1.56. The molecule has 0 aromatic rings. The summed E-state index contributed by atoms with van der Waals surface area (Å²) in [6.45, 7) is 0. The van der Waals surface area contributed by atoms with Gasteiger partial charge in [-0.15, -0.1) is 34.0 Å². The van der Waals surface area contributed by atoms with Crippen LogP contribution in [-0.2, 0) is 16.0 Å². The van der Waals surface area contributed by atoms with Crippen molar-refractivity contribution in [2.24, 2.45) is 0 Å². The zero-order chi connectivity index (χ0) is 2.00. The van der Waals surface area contributed by atoms with Crippen LogP contribution in [0.1, 0.15) is 0 Å². The summed E-state index contributed by atoms with van der Waals surface area (Å²) >= 11 is 2.94. The van der Waals surface area contributed by atoms with Gasteiger partial charge in [-0.3, -0.25) is 0 Å². The van der Waals surface area contributed by atoms with Crippen LogP contribution in [0.4, 0.5) is 0 Å². The maximum atomic E-state index is 2.94. The normalized spacial score (nSPS) is 1.50. The van der Waals surface area contributed by atoms with E-state index in [-0.39, 0.29) is 34.0 Å². The predicted octanol–water partition coefficient (Wildman–Crippen LogP) is 1.74. The molecule has 3 heteroatoms. The van der Waals surface area contributed by atoms with Gasteiger partial charge in [0.2, 0.25) is 0 Å². The molecule has 30 valence electrons. The van der Waals surface area contributed by atoms with Crippen LogP contribution in [0.25, 0.3) is 0 Å². The van der Waals surface area contributed by atoms with E-state index in [1.807, 2.05) is 5.82 Å². The molecule has 0 amide bonds. The van der Waals surface area contributed by atoms with Gasteiger partial charge in [0.05, 0.1) is 0 Å². The van der Waals surface area contributed by atoms with E-state index in [9.17, 15) is 0 Å². The second-order valence-corrected chi connectivity index (χ2v) is 0. The third kappa shape index (κ3) is 9.77. The van der Waals surface area contributed by atoms with Crippen LogP contribution in [0.15, 0.2) is 0 Å². The fraction of sp³-hybridized carbons (Fsp3) is 1.00. The number of hydrogen-bond donors (Lipinski definition) is 0. The van der Waals surface area contributed by atoms with E-state index >= 15 is 0 Å². The van der Waals surface area contributed by atoms with Gasteiger partial charge in [-0.2, -0.15) is 0 Å². The predicted molar refractivity (Wildman–Crippen MR) is 26.5 cm³/mol. The standard InChI is InChI=1S/CH3.2BrH.Mn/h1H3;2*1H;. The number of halogens is 2. The zero-order valence-corrected chi connectivity index (χ0v) is 6.80. The average Bonchev–Trinajstić information content (AvgIpc) is 1.00. The molecule has 4 heavy (non-hydrogen) atoms. The van der Waals surface area contributed by atoms with E-state index < -0.39 is 0 Å². The van der Waals surface area contributed by atoms with E-state index in [1.165, 1.54) is 0 Å². The van der Waals surface area contributed by atoms with Crippen molar-refractivity contribution in [3.05, 3.63) is 0 Å². The Bertz CT molecular complexity index is 6.00. The average molecular weight is 232 g/mol. The fourth-order valence-corrected chi connectivity index (χ4v) is 0. The van der Waals surface area contributed by atoms with E-state index in [2.05, 4.69) is 16.0 Å². The first kappa shape index (κ1) is 17.9. The van der Waals surface area contributed by atoms with Crippen molar-refractivity contribution < 1.29 is 16.0 Å². The molecule has 0 nitrogen and oxygen atoms in total. The number of rotatable bonds is 0. The fourth-order valence-electron chi connectivity index (χ4n) is 0. The number of hydrogen-bond acceptors (Lipinski definition) is 0. The van der Waals surface area contributed by atoms with Gasteiger partial charge in [-0.25, -0.2) is 0 Å². The van der Waals surface area contributed by atoms with Crippen LogP contribution in [0.2, 0.25) is 5.82 Å². The first-order valence-electron chi connectivity index (χ1n) is 0.378. The summed E-state index contributed by atoms with van der Waals surface area (Å²) in [6.07, 6.45) is 0. The third-order valence-electron chi connectivity index (χ3n) is 0. The summed E-state index contributed by atoms with van der Waals surface area (Å²) in [4.78, 5) is 0. The Morgan fingerprint density at radius 3 is 1.00 bits per heavy atom. The monoisotopic (exact) mass is 230 g/mol. The minimum absolute atomic E-state index is 0. The minimum atomic E-state index is 0. The molecule has 0 aromatic carbocycles. The van der Waals surface area contributed by atoms with Crippen LogP contribution in [0, 0.1) is 0 Å². The van der Waals surface area contributed by atoms with Gasteiger partial charge in [0, 0.05) is 0 Å². The van der Waals surface area contributed by atoms with Crippen molar-refractivity contribution in [2.75, 3.05) is 0 Å². The molecule has 0 heterocycles. The van der Waals surface area contributed by atoms with E-state index in [0.717, 1.165) is 0 Å². The van der Waals surface area contributed by atoms with Gasteiger partial charge < -0.3 is 0 Å². The first-order chi connectivity index (χ1) is 1.00. The Hall–Kier alpha value is 1.48. The molecule has 0 N–H and O–H groups in total. The molecule has 0 fully saturated rings. The summed E-state index contributed by atoms with van der Waals surface area (Å²) in [5.74, 6) is 1.81. The Morgan fingerprint density at radius 2 is 1.00 bits per heavy atom. The SMILES string of the molecule is Br.Br.[CH3][Mn]. The summed E-state index contributed by atoms with van der Waals surface area (Å²) in [5.41, 5.74) is 0. The van der Waals surface area contributed by atoms with Crippen molar-refractivity contribution in [3.8, 4) is 0 Å². The quantitative estimate of drug-likeness (QED) is 0.558. The van der Waals surface area contributed by atoms with Crippen molar-refractivity contribution in [3.63, 3.8) is 0 Å². The molecule has 0 radical (unpaired) electrons. The Labute approximate surface area is 55.7 Å². The van der Waals surface area contributed by atoms with E-state index in [4.69, 9.17) is 0 Å². The topological polar surface area (TPSA) is 0 Å².